The van der Waals surface area contributed by atoms with Gasteiger partial charge in [-0.1, -0.05) is 41.4 Å². The van der Waals surface area contributed by atoms with Gasteiger partial charge in [-0.05, 0) is 54.9 Å². The molecule has 25 heavy (non-hydrogen) atoms. The topological polar surface area (TPSA) is 8.17 Å². The Kier molecular flexibility index (Phi) is 4.36. The van der Waals surface area contributed by atoms with Crippen molar-refractivity contribution in [2.45, 2.75) is 19.9 Å². The summed E-state index contributed by atoms with van der Waals surface area (Å²) in [5.41, 5.74) is 6.19. The molecular formula is C21H20Cl2N2. The quantitative estimate of drug-likeness (QED) is 0.540. The van der Waals surface area contributed by atoms with Crippen LogP contribution in [0.3, 0.4) is 0 Å². The fourth-order valence-corrected chi connectivity index (χ4v) is 4.15. The third kappa shape index (κ3) is 2.99. The van der Waals surface area contributed by atoms with Crippen molar-refractivity contribution in [1.29, 1.82) is 0 Å². The summed E-state index contributed by atoms with van der Waals surface area (Å²) in [4.78, 5) is 2.36. The van der Waals surface area contributed by atoms with Crippen LogP contribution in [0.25, 0.3) is 22.7 Å². The Bertz CT molecular complexity index is 985. The second kappa shape index (κ2) is 6.53. The minimum absolute atomic E-state index is 0.782. The van der Waals surface area contributed by atoms with Crippen LogP contribution in [0.15, 0.2) is 42.5 Å². The van der Waals surface area contributed by atoms with Crippen LogP contribution in [0.2, 0.25) is 10.0 Å². The molecule has 0 N–H and O–H groups in total. The van der Waals surface area contributed by atoms with Crippen LogP contribution < -0.4 is 0 Å². The summed E-state index contributed by atoms with van der Waals surface area (Å²) < 4.78 is 2.33. The largest absolute Gasteiger partial charge is 0.320 e. The highest BCUT2D eigenvalue weighted by atomic mass is 35.5. The van der Waals surface area contributed by atoms with E-state index < -0.39 is 0 Å². The molecule has 2 heterocycles. The predicted molar refractivity (Wildman–Crippen MR) is 108 cm³/mol. The standard InChI is InChI=1S/C21H20Cl2N2/c1-14(16-5-3-4-6-19(16)23)12-25-20-8-7-15(22)11-17(20)18-13-24(2)10-9-21(18)25/h3-8,11-12H,9-10,13H2,1-2H3. The minimum Gasteiger partial charge on any atom is -0.320 e. The number of hydrogen-bond acceptors (Lipinski definition) is 1. The summed E-state index contributed by atoms with van der Waals surface area (Å²) in [7, 11) is 2.17. The van der Waals surface area contributed by atoms with Crippen LogP contribution in [-0.4, -0.2) is 23.1 Å². The van der Waals surface area contributed by atoms with Gasteiger partial charge in [0, 0.05) is 46.8 Å². The summed E-state index contributed by atoms with van der Waals surface area (Å²) in [5, 5.41) is 2.81. The van der Waals surface area contributed by atoms with Crippen LogP contribution in [0.4, 0.5) is 0 Å². The van der Waals surface area contributed by atoms with E-state index in [2.05, 4.69) is 47.8 Å². The normalized spacial score (nSPS) is 15.6. The van der Waals surface area contributed by atoms with Crippen LogP contribution in [-0.2, 0) is 13.0 Å². The van der Waals surface area contributed by atoms with Gasteiger partial charge in [-0.15, -0.1) is 0 Å². The molecule has 0 unspecified atom stereocenters. The Morgan fingerprint density at radius 1 is 1.12 bits per heavy atom. The molecule has 2 nitrogen and oxygen atoms in total. The maximum Gasteiger partial charge on any atom is 0.0529 e. The van der Waals surface area contributed by atoms with E-state index >= 15 is 0 Å². The first kappa shape index (κ1) is 16.7. The lowest BCUT2D eigenvalue weighted by Crippen LogP contribution is -2.26. The molecule has 0 amide bonds. The van der Waals surface area contributed by atoms with Crippen molar-refractivity contribution in [3.63, 3.8) is 0 Å². The summed E-state index contributed by atoms with van der Waals surface area (Å²) in [5.74, 6) is 0. The van der Waals surface area contributed by atoms with E-state index in [1.807, 2.05) is 24.3 Å². The Balaban J connectivity index is 1.93. The minimum atomic E-state index is 0.782. The third-order valence-electron chi connectivity index (χ3n) is 4.96. The number of halogens is 2. The number of allylic oxidation sites excluding steroid dienone is 1. The van der Waals surface area contributed by atoms with Gasteiger partial charge in [-0.2, -0.15) is 0 Å². The van der Waals surface area contributed by atoms with E-state index in [0.29, 0.717) is 0 Å². The van der Waals surface area contributed by atoms with Gasteiger partial charge in [0.1, 0.15) is 0 Å². The Morgan fingerprint density at radius 2 is 1.92 bits per heavy atom. The van der Waals surface area contributed by atoms with Crippen LogP contribution in [0, 0.1) is 0 Å². The SMILES string of the molecule is CC(=Cn1c2c(c3cc(Cl)ccc31)CN(C)CC2)c1ccccc1Cl. The van der Waals surface area contributed by atoms with E-state index in [9.17, 15) is 0 Å². The van der Waals surface area contributed by atoms with E-state index in [4.69, 9.17) is 23.2 Å². The highest BCUT2D eigenvalue weighted by Gasteiger charge is 2.22. The Morgan fingerprint density at radius 3 is 2.72 bits per heavy atom. The molecule has 0 radical (unpaired) electrons. The van der Waals surface area contributed by atoms with Crippen molar-refractivity contribution in [3.8, 4) is 0 Å². The van der Waals surface area contributed by atoms with Crippen molar-refractivity contribution >= 4 is 45.9 Å². The Labute approximate surface area is 158 Å². The number of fused-ring (bicyclic) bond motifs is 3. The zero-order chi connectivity index (χ0) is 17.6. The second-order valence-corrected chi connectivity index (χ2v) is 7.58. The summed E-state index contributed by atoms with van der Waals surface area (Å²) in [6, 6.07) is 14.2. The van der Waals surface area contributed by atoms with Crippen LogP contribution >= 0.6 is 23.2 Å². The van der Waals surface area contributed by atoms with E-state index in [1.54, 1.807) is 0 Å². The fourth-order valence-electron chi connectivity index (χ4n) is 3.69. The summed E-state index contributed by atoms with van der Waals surface area (Å²) in [6.07, 6.45) is 3.24. The lowest BCUT2D eigenvalue weighted by molar-refractivity contribution is 0.312. The molecule has 1 aliphatic heterocycles. The number of aromatic nitrogens is 1. The van der Waals surface area contributed by atoms with E-state index in [0.717, 1.165) is 40.7 Å². The molecule has 0 bridgehead atoms. The van der Waals surface area contributed by atoms with Gasteiger partial charge in [0.25, 0.3) is 0 Å². The third-order valence-corrected chi connectivity index (χ3v) is 5.53. The lowest BCUT2D eigenvalue weighted by atomic mass is 10.1. The summed E-state index contributed by atoms with van der Waals surface area (Å²) >= 11 is 12.7. The van der Waals surface area contributed by atoms with Gasteiger partial charge in [-0.25, -0.2) is 0 Å². The van der Waals surface area contributed by atoms with Gasteiger partial charge in [-0.3, -0.25) is 0 Å². The van der Waals surface area contributed by atoms with Crippen molar-refractivity contribution in [2.75, 3.05) is 13.6 Å². The van der Waals surface area contributed by atoms with Gasteiger partial charge in [0.05, 0.1) is 5.52 Å². The first-order valence-electron chi connectivity index (χ1n) is 8.47. The first-order valence-corrected chi connectivity index (χ1v) is 9.23. The molecule has 4 heteroatoms. The molecule has 1 aliphatic rings. The average Bonchev–Trinajstić information content (AvgIpc) is 2.88. The molecule has 0 saturated carbocycles. The smallest absolute Gasteiger partial charge is 0.0529 e. The van der Waals surface area contributed by atoms with Crippen LogP contribution in [0.5, 0.6) is 0 Å². The van der Waals surface area contributed by atoms with Crippen molar-refractivity contribution < 1.29 is 0 Å². The number of likely N-dealkylation sites (N-methyl/N-ethyl adjacent to an activating group) is 1. The van der Waals surface area contributed by atoms with E-state index in [-0.39, 0.29) is 0 Å². The zero-order valence-electron chi connectivity index (χ0n) is 14.4. The Hall–Kier alpha value is -1.74. The maximum atomic E-state index is 6.39. The zero-order valence-corrected chi connectivity index (χ0v) is 15.9. The van der Waals surface area contributed by atoms with Crippen LogP contribution in [0.1, 0.15) is 23.7 Å². The molecule has 4 rings (SSSR count). The number of nitrogens with zero attached hydrogens (tertiary/aromatic N) is 2. The molecule has 3 aromatic rings. The van der Waals surface area contributed by atoms with Gasteiger partial charge >= 0.3 is 0 Å². The van der Waals surface area contributed by atoms with Gasteiger partial charge < -0.3 is 9.47 Å². The van der Waals surface area contributed by atoms with E-state index in [1.165, 1.54) is 22.2 Å². The van der Waals surface area contributed by atoms with Crippen molar-refractivity contribution in [3.05, 3.63) is 69.3 Å². The predicted octanol–water partition coefficient (Wildman–Crippen LogP) is 5.95. The monoisotopic (exact) mass is 370 g/mol. The molecule has 0 aliphatic carbocycles. The van der Waals surface area contributed by atoms with Crippen molar-refractivity contribution in [2.24, 2.45) is 0 Å². The highest BCUT2D eigenvalue weighted by Crippen LogP contribution is 2.34. The number of benzene rings is 2. The average molecular weight is 371 g/mol. The number of hydrogen-bond donors (Lipinski definition) is 0. The summed E-state index contributed by atoms with van der Waals surface area (Å²) in [6.45, 7) is 4.14. The second-order valence-electron chi connectivity index (χ2n) is 6.74. The molecule has 0 spiro atoms. The molecule has 0 saturated heterocycles. The highest BCUT2D eigenvalue weighted by molar-refractivity contribution is 6.32. The number of rotatable bonds is 2. The maximum absolute atomic E-state index is 6.39. The molecule has 0 fully saturated rings. The first-order chi connectivity index (χ1) is 12.0. The van der Waals surface area contributed by atoms with Gasteiger partial charge in [0.2, 0.25) is 0 Å². The molecule has 0 atom stereocenters. The van der Waals surface area contributed by atoms with Crippen molar-refractivity contribution in [1.82, 2.24) is 9.47 Å². The molecule has 1 aromatic heterocycles. The lowest BCUT2D eigenvalue weighted by Gasteiger charge is -2.23. The molecule has 2 aromatic carbocycles. The fraction of sp³-hybridized carbons (Fsp3) is 0.238. The molecular weight excluding hydrogens is 351 g/mol. The van der Waals surface area contributed by atoms with Gasteiger partial charge in [0.15, 0.2) is 0 Å². The molecule has 128 valence electrons.